The maximum atomic E-state index is 14.7. The molecule has 8 fully saturated rings. The molecule has 21 nitrogen and oxygen atoms in total. The van der Waals surface area contributed by atoms with Crippen LogP contribution in [0.4, 0.5) is 0 Å². The van der Waals surface area contributed by atoms with Crippen molar-refractivity contribution in [2.45, 2.75) is 242 Å². The van der Waals surface area contributed by atoms with E-state index in [1.807, 2.05) is 0 Å². The third-order valence-electron chi connectivity index (χ3n) is 20.6. The van der Waals surface area contributed by atoms with Crippen LogP contribution in [0.3, 0.4) is 0 Å². The van der Waals surface area contributed by atoms with E-state index in [1.54, 1.807) is 6.92 Å². The Kier molecular flexibility index (Phi) is 15.9. The molecular weight excluding hydrogens is 973 g/mol. The second kappa shape index (κ2) is 20.7. The summed E-state index contributed by atoms with van der Waals surface area (Å²) in [5.74, 6) is -0.607. The summed E-state index contributed by atoms with van der Waals surface area (Å²) in [5.41, 5.74) is -0.439. The molecule has 422 valence electrons. The van der Waals surface area contributed by atoms with E-state index < -0.39 is 164 Å². The Morgan fingerprint density at radius 3 is 2.03 bits per heavy atom. The number of hydrogen-bond donors (Lipinski definition) is 12. The van der Waals surface area contributed by atoms with E-state index in [-0.39, 0.29) is 28.6 Å². The van der Waals surface area contributed by atoms with Crippen LogP contribution in [0.25, 0.3) is 0 Å². The van der Waals surface area contributed by atoms with E-state index in [4.69, 9.17) is 37.9 Å². The highest BCUT2D eigenvalue weighted by atomic mass is 16.8. The van der Waals surface area contributed by atoms with Crippen molar-refractivity contribution in [1.82, 2.24) is 0 Å². The number of hydrogen-bond acceptors (Lipinski definition) is 21. The summed E-state index contributed by atoms with van der Waals surface area (Å²) in [6.07, 6.45) is -22.7. The van der Waals surface area contributed by atoms with E-state index in [0.717, 1.165) is 18.4 Å². The standard InChI is InChI=1S/C53H84O21/c1-9-28-33(58)36(61)39(64)46(69-28)74-48(66)53-15-12-22(2)18-25(53)24-10-11-31-50(6)19-26(55)43(49(4,5)30(50)13-14-52(31,8)51(24,7)16-17-53)73-44-40(65)41(27(56)21-67-44)71-47-42(37(62)34(59)29(20-54)70-47)72-45-38(63)35(60)32(57)23(3)68-45/h10,23,25-47,54-65H,2,9,11-21H2,1,3-8H3/t23?,25-,26-,27?,28?,29?,30-,31+,32?,33?,34?,35?,36?,37?,38?,39?,40+,41?,42?,43-,44?,45?,46?,47?,50-,51+,52+,53-/m0/s1. The van der Waals surface area contributed by atoms with Gasteiger partial charge in [-0.15, -0.1) is 0 Å². The molecule has 12 N–H and O–H groups in total. The van der Waals surface area contributed by atoms with Gasteiger partial charge in [0.2, 0.25) is 6.29 Å². The molecule has 0 aromatic heterocycles. The van der Waals surface area contributed by atoms with Gasteiger partial charge < -0.3 is 99.2 Å². The van der Waals surface area contributed by atoms with Crippen molar-refractivity contribution in [2.75, 3.05) is 13.2 Å². The predicted octanol–water partition coefficient (Wildman–Crippen LogP) is -0.450. The minimum Gasteiger partial charge on any atom is -0.432 e. The summed E-state index contributed by atoms with van der Waals surface area (Å²) in [6, 6.07) is 0. The normalized spacial score (nSPS) is 54.4. The Bertz CT molecular complexity index is 2070. The molecule has 9 rings (SSSR count). The third-order valence-corrected chi connectivity index (χ3v) is 20.6. The number of fused-ring (bicyclic) bond motifs is 7. The van der Waals surface area contributed by atoms with Gasteiger partial charge in [-0.1, -0.05) is 65.3 Å². The summed E-state index contributed by atoms with van der Waals surface area (Å²) in [4.78, 5) is 14.7. The highest BCUT2D eigenvalue weighted by Gasteiger charge is 2.71. The number of esters is 1. The van der Waals surface area contributed by atoms with Gasteiger partial charge in [0.1, 0.15) is 79.4 Å². The summed E-state index contributed by atoms with van der Waals surface area (Å²) < 4.78 is 47.8. The van der Waals surface area contributed by atoms with Gasteiger partial charge in [-0.25, -0.2) is 0 Å². The van der Waals surface area contributed by atoms with Crippen molar-refractivity contribution in [2.24, 2.45) is 44.8 Å². The average Bonchev–Trinajstić information content (AvgIpc) is 3.35. The van der Waals surface area contributed by atoms with Crippen molar-refractivity contribution in [3.8, 4) is 0 Å². The first-order valence-corrected chi connectivity index (χ1v) is 26.9. The molecule has 74 heavy (non-hydrogen) atoms. The molecule has 0 aromatic rings. The lowest BCUT2D eigenvalue weighted by Gasteiger charge is -2.71. The van der Waals surface area contributed by atoms with Crippen molar-refractivity contribution < 1.29 is 104 Å². The smallest absolute Gasteiger partial charge is 0.315 e. The topological polar surface area (TPSA) is 334 Å². The maximum absolute atomic E-state index is 14.7. The molecule has 4 heterocycles. The van der Waals surface area contributed by atoms with E-state index in [1.165, 1.54) is 12.5 Å². The van der Waals surface area contributed by atoms with E-state index >= 15 is 0 Å². The van der Waals surface area contributed by atoms with Crippen LogP contribution in [-0.2, 0) is 42.7 Å². The Morgan fingerprint density at radius 2 is 1.34 bits per heavy atom. The maximum Gasteiger partial charge on any atom is 0.315 e. The zero-order valence-electron chi connectivity index (χ0n) is 43.7. The second-order valence-corrected chi connectivity index (χ2v) is 24.8. The Hall–Kier alpha value is -1.81. The molecular formula is C53H84O21. The van der Waals surface area contributed by atoms with Crippen LogP contribution >= 0.6 is 0 Å². The number of aliphatic hydroxyl groups excluding tert-OH is 12. The summed E-state index contributed by atoms with van der Waals surface area (Å²) >= 11 is 0. The lowest BCUT2D eigenvalue weighted by atomic mass is 9.33. The number of rotatable bonds is 10. The van der Waals surface area contributed by atoms with Crippen molar-refractivity contribution >= 4 is 5.97 Å². The van der Waals surface area contributed by atoms with Crippen molar-refractivity contribution in [3.63, 3.8) is 0 Å². The van der Waals surface area contributed by atoms with Gasteiger partial charge in [-0.05, 0) is 105 Å². The Balaban J connectivity index is 0.923. The summed E-state index contributed by atoms with van der Waals surface area (Å²) in [7, 11) is 0. The largest absolute Gasteiger partial charge is 0.432 e. The molecule has 18 unspecified atom stereocenters. The number of allylic oxidation sites excluding steroid dienone is 3. The van der Waals surface area contributed by atoms with Gasteiger partial charge in [0.15, 0.2) is 18.9 Å². The monoisotopic (exact) mass is 1060 g/mol. The third kappa shape index (κ3) is 9.00. The van der Waals surface area contributed by atoms with Gasteiger partial charge in [0.05, 0.1) is 43.0 Å². The molecule has 4 saturated heterocycles. The molecule has 21 heteroatoms. The van der Waals surface area contributed by atoms with Crippen LogP contribution in [0.15, 0.2) is 23.8 Å². The fraction of sp³-hybridized carbons (Fsp3) is 0.906. The van der Waals surface area contributed by atoms with Crippen molar-refractivity contribution in [3.05, 3.63) is 23.8 Å². The first-order chi connectivity index (χ1) is 34.7. The number of aliphatic hydroxyl groups is 12. The van der Waals surface area contributed by atoms with Crippen LogP contribution in [-0.4, -0.2) is 209 Å². The van der Waals surface area contributed by atoms with E-state index in [2.05, 4.69) is 47.3 Å². The van der Waals surface area contributed by atoms with Gasteiger partial charge in [-0.2, -0.15) is 0 Å². The fourth-order valence-corrected chi connectivity index (χ4v) is 16.1. The zero-order valence-corrected chi connectivity index (χ0v) is 43.7. The second-order valence-electron chi connectivity index (χ2n) is 24.8. The molecule has 0 aromatic carbocycles. The molecule has 0 spiro atoms. The van der Waals surface area contributed by atoms with Gasteiger partial charge in [0.25, 0.3) is 0 Å². The lowest BCUT2D eigenvalue weighted by molar-refractivity contribution is -0.387. The van der Waals surface area contributed by atoms with Crippen LogP contribution in [0, 0.1) is 44.8 Å². The zero-order chi connectivity index (χ0) is 53.9. The number of ether oxygens (including phenoxy) is 8. The SMILES string of the molecule is C=C1CC[C@]2(C(=O)OC3OC(CC)C(O)C(O)C3O)CC[C@]3(C)C(=CC[C@@H]4[C@@]5(C)C[C@H](O)[C@H](OC6OCC(O)C(OC7OC(CO)C(O)C(O)C7OC7OC(C)C(O)C(O)C7O)[C@H]6O)C(C)(C)[C@@H]5CC[C@]43C)[C@@H]2C1. The van der Waals surface area contributed by atoms with Crippen LogP contribution in [0.2, 0.25) is 0 Å². The predicted molar refractivity (Wildman–Crippen MR) is 255 cm³/mol. The van der Waals surface area contributed by atoms with E-state index in [9.17, 15) is 66.1 Å². The molecule has 5 aliphatic carbocycles. The molecule has 0 amide bonds. The molecule has 28 atom stereocenters. The average molecular weight is 1060 g/mol. The minimum atomic E-state index is -1.84. The molecule has 0 bridgehead atoms. The van der Waals surface area contributed by atoms with Gasteiger partial charge in [0, 0.05) is 5.92 Å². The molecule has 4 aliphatic heterocycles. The van der Waals surface area contributed by atoms with Crippen LogP contribution < -0.4 is 0 Å². The molecule has 4 saturated carbocycles. The summed E-state index contributed by atoms with van der Waals surface area (Å²) in [5, 5.41) is 131. The highest BCUT2D eigenvalue weighted by Crippen LogP contribution is 2.75. The van der Waals surface area contributed by atoms with Gasteiger partial charge in [-0.3, -0.25) is 4.79 Å². The Morgan fingerprint density at radius 1 is 0.689 bits per heavy atom. The minimum absolute atomic E-state index is 0.00447. The van der Waals surface area contributed by atoms with E-state index in [0.29, 0.717) is 51.4 Å². The first kappa shape index (κ1) is 56.9. The first-order valence-electron chi connectivity index (χ1n) is 26.9. The van der Waals surface area contributed by atoms with Crippen LogP contribution in [0.1, 0.15) is 113 Å². The highest BCUT2D eigenvalue weighted by molar-refractivity contribution is 5.79. The number of carbonyl (C=O) groups excluding carboxylic acids is 1. The van der Waals surface area contributed by atoms with Crippen LogP contribution in [0.5, 0.6) is 0 Å². The summed E-state index contributed by atoms with van der Waals surface area (Å²) in [6.45, 7) is 17.5. The molecule has 0 radical (unpaired) electrons. The van der Waals surface area contributed by atoms with Crippen molar-refractivity contribution in [1.29, 1.82) is 0 Å². The quantitative estimate of drug-likeness (QED) is 0.0749. The van der Waals surface area contributed by atoms with Gasteiger partial charge >= 0.3 is 5.97 Å². The Labute approximate surface area is 432 Å². The molecule has 9 aliphatic rings. The fourth-order valence-electron chi connectivity index (χ4n) is 16.1. The lowest BCUT2D eigenvalue weighted by Crippen LogP contribution is -2.68. The number of carbonyl (C=O) groups is 1.